The Bertz CT molecular complexity index is 657. The molecule has 22 heavy (non-hydrogen) atoms. The molecule has 2 heteroatoms. The highest BCUT2D eigenvalue weighted by molar-refractivity contribution is 5.54. The Kier molecular flexibility index (Phi) is 3.63. The van der Waals surface area contributed by atoms with Crippen LogP contribution < -0.4 is 5.48 Å². The van der Waals surface area contributed by atoms with Gasteiger partial charge in [-0.25, -0.2) is 0 Å². The van der Waals surface area contributed by atoms with E-state index in [0.29, 0.717) is 11.8 Å². The Morgan fingerprint density at radius 3 is 2.64 bits per heavy atom. The Labute approximate surface area is 132 Å². The van der Waals surface area contributed by atoms with Gasteiger partial charge < -0.3 is 0 Å². The number of hydrogen-bond acceptors (Lipinski definition) is 2. The largest absolute Gasteiger partial charge is 0.291 e. The minimum absolute atomic E-state index is 0.354. The summed E-state index contributed by atoms with van der Waals surface area (Å²) in [5, 5.41) is 9.51. The van der Waals surface area contributed by atoms with Gasteiger partial charge in [0, 0.05) is 11.6 Å². The second-order valence-corrected chi connectivity index (χ2v) is 6.63. The van der Waals surface area contributed by atoms with E-state index in [0.717, 1.165) is 25.0 Å². The Morgan fingerprint density at radius 1 is 0.955 bits per heavy atom. The quantitative estimate of drug-likeness (QED) is 0.721. The highest BCUT2D eigenvalue weighted by atomic mass is 16.5. The SMILES string of the molecule is ONC1=CC=CCC1C1CC2=C(CCC=C2)C2=C1C=CCC2. The van der Waals surface area contributed by atoms with Crippen molar-refractivity contribution in [3.63, 3.8) is 0 Å². The van der Waals surface area contributed by atoms with E-state index < -0.39 is 0 Å². The predicted molar refractivity (Wildman–Crippen MR) is 89.2 cm³/mol. The van der Waals surface area contributed by atoms with E-state index in [1.54, 1.807) is 11.1 Å². The summed E-state index contributed by atoms with van der Waals surface area (Å²) in [5.41, 5.74) is 9.70. The van der Waals surface area contributed by atoms with Gasteiger partial charge in [0.15, 0.2) is 0 Å². The predicted octanol–water partition coefficient (Wildman–Crippen LogP) is 4.74. The first-order chi connectivity index (χ1) is 10.9. The van der Waals surface area contributed by atoms with Crippen LogP contribution in [0, 0.1) is 11.8 Å². The summed E-state index contributed by atoms with van der Waals surface area (Å²) in [6.45, 7) is 0. The van der Waals surface area contributed by atoms with Crippen molar-refractivity contribution >= 4 is 0 Å². The third-order valence-electron chi connectivity index (χ3n) is 5.49. The van der Waals surface area contributed by atoms with Gasteiger partial charge in [-0.05, 0) is 72.8 Å². The summed E-state index contributed by atoms with van der Waals surface area (Å²) < 4.78 is 0. The zero-order valence-corrected chi connectivity index (χ0v) is 12.9. The van der Waals surface area contributed by atoms with Crippen LogP contribution in [0.3, 0.4) is 0 Å². The van der Waals surface area contributed by atoms with Gasteiger partial charge in [0.1, 0.15) is 0 Å². The number of allylic oxidation sites excluding steroid dienone is 12. The van der Waals surface area contributed by atoms with Crippen molar-refractivity contribution in [2.45, 2.75) is 38.5 Å². The van der Waals surface area contributed by atoms with E-state index in [9.17, 15) is 5.21 Å². The summed E-state index contributed by atoms with van der Waals surface area (Å²) in [6, 6.07) is 0. The fourth-order valence-corrected chi connectivity index (χ4v) is 4.46. The van der Waals surface area contributed by atoms with Crippen LogP contribution in [-0.2, 0) is 0 Å². The van der Waals surface area contributed by atoms with Gasteiger partial charge in [-0.15, -0.1) is 0 Å². The maximum atomic E-state index is 9.51. The monoisotopic (exact) mass is 293 g/mol. The van der Waals surface area contributed by atoms with Gasteiger partial charge in [-0.2, -0.15) is 0 Å². The molecule has 0 aromatic heterocycles. The molecule has 2 unspecified atom stereocenters. The lowest BCUT2D eigenvalue weighted by Crippen LogP contribution is -2.29. The van der Waals surface area contributed by atoms with E-state index in [4.69, 9.17) is 0 Å². The third kappa shape index (κ3) is 2.22. The molecule has 0 saturated carbocycles. The topological polar surface area (TPSA) is 32.3 Å². The summed E-state index contributed by atoms with van der Waals surface area (Å²) in [5.74, 6) is 0.830. The Hall–Kier alpha value is -1.80. The third-order valence-corrected chi connectivity index (χ3v) is 5.49. The van der Waals surface area contributed by atoms with Crippen molar-refractivity contribution in [3.8, 4) is 0 Å². The molecular weight excluding hydrogens is 270 g/mol. The minimum atomic E-state index is 0.354. The van der Waals surface area contributed by atoms with E-state index in [2.05, 4.69) is 35.9 Å². The summed E-state index contributed by atoms with van der Waals surface area (Å²) in [4.78, 5) is 0. The molecule has 0 bridgehead atoms. The Balaban J connectivity index is 1.75. The molecule has 4 aliphatic carbocycles. The fraction of sp³-hybridized carbons (Fsp3) is 0.400. The highest BCUT2D eigenvalue weighted by Gasteiger charge is 2.35. The normalized spacial score (nSPS) is 30.1. The molecule has 2 N–H and O–H groups in total. The van der Waals surface area contributed by atoms with Crippen LogP contribution in [0.4, 0.5) is 0 Å². The van der Waals surface area contributed by atoms with Crippen LogP contribution >= 0.6 is 0 Å². The van der Waals surface area contributed by atoms with Crippen LogP contribution in [0.15, 0.2) is 70.5 Å². The smallest absolute Gasteiger partial charge is 0.0416 e. The zero-order valence-electron chi connectivity index (χ0n) is 12.9. The van der Waals surface area contributed by atoms with Crippen LogP contribution in [0.25, 0.3) is 0 Å². The first-order valence-electron chi connectivity index (χ1n) is 8.44. The average Bonchev–Trinajstić information content (AvgIpc) is 2.61. The van der Waals surface area contributed by atoms with Gasteiger partial charge in [-0.3, -0.25) is 10.7 Å². The van der Waals surface area contributed by atoms with Crippen molar-refractivity contribution in [1.29, 1.82) is 0 Å². The van der Waals surface area contributed by atoms with Crippen LogP contribution in [0.5, 0.6) is 0 Å². The molecule has 0 heterocycles. The summed E-state index contributed by atoms with van der Waals surface area (Å²) in [6.07, 6.45) is 22.5. The average molecular weight is 293 g/mol. The van der Waals surface area contributed by atoms with Crippen molar-refractivity contribution in [1.82, 2.24) is 5.48 Å². The van der Waals surface area contributed by atoms with Crippen molar-refractivity contribution in [2.75, 3.05) is 0 Å². The highest BCUT2D eigenvalue weighted by Crippen LogP contribution is 2.47. The molecule has 4 aliphatic rings. The molecule has 114 valence electrons. The zero-order chi connectivity index (χ0) is 14.9. The van der Waals surface area contributed by atoms with Gasteiger partial charge >= 0.3 is 0 Å². The maximum Gasteiger partial charge on any atom is 0.0416 e. The fourth-order valence-electron chi connectivity index (χ4n) is 4.46. The number of nitrogens with one attached hydrogen (secondary N) is 1. The molecule has 0 aromatic rings. The Morgan fingerprint density at radius 2 is 1.77 bits per heavy atom. The minimum Gasteiger partial charge on any atom is -0.291 e. The molecule has 0 aliphatic heterocycles. The maximum absolute atomic E-state index is 9.51. The molecular formula is C20H23NO. The summed E-state index contributed by atoms with van der Waals surface area (Å²) in [7, 11) is 0. The van der Waals surface area contributed by atoms with E-state index in [-0.39, 0.29) is 0 Å². The van der Waals surface area contributed by atoms with Crippen molar-refractivity contribution < 1.29 is 5.21 Å². The van der Waals surface area contributed by atoms with E-state index in [1.807, 2.05) is 12.2 Å². The first kappa shape index (κ1) is 13.8. The number of hydrogen-bond donors (Lipinski definition) is 2. The first-order valence-corrected chi connectivity index (χ1v) is 8.44. The second kappa shape index (κ2) is 5.77. The van der Waals surface area contributed by atoms with E-state index >= 15 is 0 Å². The molecule has 0 amide bonds. The lowest BCUT2D eigenvalue weighted by atomic mass is 9.67. The standard InChI is InChI=1S/C20H23NO/c22-21-20-12-6-5-11-18(20)19-13-14-7-1-2-8-15(14)16-9-3-4-10-17(16)19/h1,4-7,10,12,18-19,21-22H,2-3,8-9,11,13H2. The molecule has 0 spiro atoms. The molecule has 2 nitrogen and oxygen atoms in total. The second-order valence-electron chi connectivity index (χ2n) is 6.63. The molecule has 0 saturated heterocycles. The molecule has 0 aromatic carbocycles. The van der Waals surface area contributed by atoms with E-state index in [1.165, 1.54) is 30.4 Å². The lowest BCUT2D eigenvalue weighted by molar-refractivity contribution is 0.176. The number of fused-ring (bicyclic) bond motifs is 1. The van der Waals surface area contributed by atoms with Crippen molar-refractivity contribution in [2.24, 2.45) is 11.8 Å². The molecule has 4 rings (SSSR count). The van der Waals surface area contributed by atoms with Crippen LogP contribution in [-0.4, -0.2) is 5.21 Å². The lowest BCUT2D eigenvalue weighted by Gasteiger charge is -2.38. The summed E-state index contributed by atoms with van der Waals surface area (Å²) >= 11 is 0. The van der Waals surface area contributed by atoms with Crippen LogP contribution in [0.2, 0.25) is 0 Å². The van der Waals surface area contributed by atoms with Crippen molar-refractivity contribution in [3.05, 3.63) is 70.5 Å². The van der Waals surface area contributed by atoms with Gasteiger partial charge in [0.25, 0.3) is 0 Å². The van der Waals surface area contributed by atoms with Gasteiger partial charge in [0.2, 0.25) is 0 Å². The van der Waals surface area contributed by atoms with Crippen LogP contribution in [0.1, 0.15) is 38.5 Å². The van der Waals surface area contributed by atoms with Gasteiger partial charge in [0.05, 0.1) is 0 Å². The molecule has 2 atom stereocenters. The molecule has 0 fully saturated rings. The van der Waals surface area contributed by atoms with Gasteiger partial charge in [-0.1, -0.05) is 36.5 Å². The number of hydroxylamine groups is 1. The number of rotatable bonds is 2. The molecule has 0 radical (unpaired) electrons.